The lowest BCUT2D eigenvalue weighted by Crippen LogP contribution is -2.09. The van der Waals surface area contributed by atoms with Crippen molar-refractivity contribution in [2.24, 2.45) is 0 Å². The lowest BCUT2D eigenvalue weighted by atomic mass is 10.3. The number of hydrogen-bond donors (Lipinski definition) is 0. The quantitative estimate of drug-likeness (QED) is 0.739. The fraction of sp³-hybridized carbons (Fsp3) is 0.167. The van der Waals surface area contributed by atoms with Crippen molar-refractivity contribution in [2.45, 2.75) is 13.1 Å². The van der Waals surface area contributed by atoms with Gasteiger partial charge < -0.3 is 0 Å². The van der Waals surface area contributed by atoms with Gasteiger partial charge in [0.05, 0.1) is 28.2 Å². The first-order chi connectivity index (χ1) is 9.15. The lowest BCUT2D eigenvalue weighted by molar-refractivity contribution is 0.0710. The van der Waals surface area contributed by atoms with Gasteiger partial charge in [0.25, 0.3) is 0 Å². The van der Waals surface area contributed by atoms with Crippen molar-refractivity contribution in [2.75, 3.05) is 0 Å². The SMILES string of the molecule is FC(F)n1c(Cn2cc(Br)cn2)nc2ccccc21. The fourth-order valence-corrected chi connectivity index (χ4v) is 2.32. The van der Waals surface area contributed by atoms with E-state index in [2.05, 4.69) is 26.0 Å². The van der Waals surface area contributed by atoms with Crippen LogP contribution in [0, 0.1) is 0 Å². The Balaban J connectivity index is 2.09. The molecule has 0 N–H and O–H groups in total. The van der Waals surface area contributed by atoms with Crippen LogP contribution in [-0.4, -0.2) is 19.3 Å². The van der Waals surface area contributed by atoms with E-state index in [4.69, 9.17) is 0 Å². The summed E-state index contributed by atoms with van der Waals surface area (Å²) in [5, 5.41) is 4.05. The third kappa shape index (κ3) is 2.25. The van der Waals surface area contributed by atoms with Gasteiger partial charge in [0, 0.05) is 6.20 Å². The normalized spacial score (nSPS) is 11.6. The van der Waals surface area contributed by atoms with Crippen molar-refractivity contribution in [1.29, 1.82) is 0 Å². The fourth-order valence-electron chi connectivity index (χ4n) is 1.99. The summed E-state index contributed by atoms with van der Waals surface area (Å²) in [7, 11) is 0. The minimum Gasteiger partial charge on any atom is -0.269 e. The van der Waals surface area contributed by atoms with Crippen molar-refractivity contribution >= 4 is 27.0 Å². The zero-order valence-electron chi connectivity index (χ0n) is 9.67. The molecule has 0 aliphatic rings. The summed E-state index contributed by atoms with van der Waals surface area (Å²) in [6, 6.07) is 6.85. The molecule has 2 aromatic heterocycles. The van der Waals surface area contributed by atoms with E-state index in [9.17, 15) is 8.78 Å². The van der Waals surface area contributed by atoms with E-state index >= 15 is 0 Å². The van der Waals surface area contributed by atoms with Gasteiger partial charge in [-0.15, -0.1) is 0 Å². The van der Waals surface area contributed by atoms with Gasteiger partial charge in [-0.3, -0.25) is 9.25 Å². The highest BCUT2D eigenvalue weighted by molar-refractivity contribution is 9.10. The monoisotopic (exact) mass is 326 g/mol. The molecular formula is C12H9BrF2N4. The second-order valence-corrected chi connectivity index (χ2v) is 4.94. The van der Waals surface area contributed by atoms with Crippen molar-refractivity contribution in [1.82, 2.24) is 19.3 Å². The lowest BCUT2D eigenvalue weighted by Gasteiger charge is -2.07. The average Bonchev–Trinajstić information content (AvgIpc) is 2.92. The number of aromatic nitrogens is 4. The number of fused-ring (bicyclic) bond motifs is 1. The molecule has 0 saturated heterocycles. The molecule has 2 heterocycles. The summed E-state index contributed by atoms with van der Waals surface area (Å²) in [5.74, 6) is 0.284. The molecule has 0 fully saturated rings. The smallest absolute Gasteiger partial charge is 0.269 e. The molecule has 3 rings (SSSR count). The summed E-state index contributed by atoms with van der Waals surface area (Å²) < 4.78 is 29.7. The Bertz CT molecular complexity index is 719. The van der Waals surface area contributed by atoms with E-state index in [-0.39, 0.29) is 12.4 Å². The third-order valence-corrected chi connectivity index (χ3v) is 3.18. The van der Waals surface area contributed by atoms with Gasteiger partial charge in [-0.2, -0.15) is 13.9 Å². The standard InChI is InChI=1S/C12H9BrF2N4/c13-8-5-16-18(6-8)7-11-17-9-3-1-2-4-10(9)19(11)12(14)15/h1-6,12H,7H2. The van der Waals surface area contributed by atoms with Crippen molar-refractivity contribution in [3.63, 3.8) is 0 Å². The van der Waals surface area contributed by atoms with E-state index in [0.29, 0.717) is 11.0 Å². The molecule has 4 nitrogen and oxygen atoms in total. The van der Waals surface area contributed by atoms with Crippen molar-refractivity contribution in [3.05, 3.63) is 47.0 Å². The van der Waals surface area contributed by atoms with Crippen LogP contribution >= 0.6 is 15.9 Å². The van der Waals surface area contributed by atoms with Crippen LogP contribution in [0.3, 0.4) is 0 Å². The molecule has 0 atom stereocenters. The number of nitrogens with zero attached hydrogens (tertiary/aromatic N) is 4. The molecule has 1 aromatic carbocycles. The third-order valence-electron chi connectivity index (χ3n) is 2.77. The minimum absolute atomic E-state index is 0.199. The minimum atomic E-state index is -2.62. The van der Waals surface area contributed by atoms with Crippen LogP contribution in [0.15, 0.2) is 41.1 Å². The van der Waals surface area contributed by atoms with Crippen molar-refractivity contribution in [3.8, 4) is 0 Å². The van der Waals surface area contributed by atoms with E-state index in [0.717, 1.165) is 9.04 Å². The van der Waals surface area contributed by atoms with Crippen LogP contribution in [0.5, 0.6) is 0 Å². The predicted molar refractivity (Wildman–Crippen MR) is 70.0 cm³/mol. The predicted octanol–water partition coefficient (Wildman–Crippen LogP) is 3.44. The first-order valence-corrected chi connectivity index (χ1v) is 6.36. The molecule has 7 heteroatoms. The number of benzene rings is 1. The molecule has 3 aromatic rings. The summed E-state index contributed by atoms with van der Waals surface area (Å²) in [4.78, 5) is 4.25. The maximum atomic E-state index is 13.2. The second-order valence-electron chi connectivity index (χ2n) is 4.02. The Morgan fingerprint density at radius 1 is 1.26 bits per heavy atom. The van der Waals surface area contributed by atoms with Gasteiger partial charge >= 0.3 is 6.55 Å². The van der Waals surface area contributed by atoms with Crippen LogP contribution in [0.2, 0.25) is 0 Å². The number of rotatable bonds is 3. The molecule has 0 amide bonds. The van der Waals surface area contributed by atoms with E-state index < -0.39 is 6.55 Å². The Morgan fingerprint density at radius 3 is 2.74 bits per heavy atom. The van der Waals surface area contributed by atoms with Gasteiger partial charge in [-0.05, 0) is 28.1 Å². The molecular weight excluding hydrogens is 318 g/mol. The molecule has 0 aliphatic heterocycles. The molecule has 0 spiro atoms. The zero-order chi connectivity index (χ0) is 13.4. The Hall–Kier alpha value is -1.76. The van der Waals surface area contributed by atoms with Gasteiger partial charge in [-0.1, -0.05) is 12.1 Å². The molecule has 0 saturated carbocycles. The number of imidazole rings is 1. The molecule has 0 bridgehead atoms. The van der Waals surface area contributed by atoms with Gasteiger partial charge in [0.2, 0.25) is 0 Å². The molecule has 0 aliphatic carbocycles. The van der Waals surface area contributed by atoms with Gasteiger partial charge in [0.15, 0.2) is 0 Å². The van der Waals surface area contributed by atoms with Gasteiger partial charge in [-0.25, -0.2) is 4.98 Å². The number of alkyl halides is 2. The topological polar surface area (TPSA) is 35.6 Å². The van der Waals surface area contributed by atoms with Crippen LogP contribution < -0.4 is 0 Å². The van der Waals surface area contributed by atoms with E-state index in [1.807, 2.05) is 0 Å². The summed E-state index contributed by atoms with van der Waals surface area (Å²) in [6.45, 7) is -2.42. The maximum absolute atomic E-state index is 13.2. The summed E-state index contributed by atoms with van der Waals surface area (Å²) >= 11 is 3.27. The Kier molecular flexibility index (Phi) is 3.06. The highest BCUT2D eigenvalue weighted by atomic mass is 79.9. The molecule has 19 heavy (non-hydrogen) atoms. The average molecular weight is 327 g/mol. The molecule has 0 radical (unpaired) electrons. The number of halogens is 3. The number of hydrogen-bond acceptors (Lipinski definition) is 2. The first kappa shape index (κ1) is 12.3. The van der Waals surface area contributed by atoms with Crippen molar-refractivity contribution < 1.29 is 8.78 Å². The summed E-state index contributed by atoms with van der Waals surface area (Å²) in [5.41, 5.74) is 0.989. The van der Waals surface area contributed by atoms with Crippen LogP contribution in [0.25, 0.3) is 11.0 Å². The van der Waals surface area contributed by atoms with Crippen LogP contribution in [-0.2, 0) is 6.54 Å². The largest absolute Gasteiger partial charge is 0.320 e. The first-order valence-electron chi connectivity index (χ1n) is 5.57. The second kappa shape index (κ2) is 4.73. The maximum Gasteiger partial charge on any atom is 0.320 e. The van der Waals surface area contributed by atoms with Gasteiger partial charge in [0.1, 0.15) is 5.82 Å². The Labute approximate surface area is 115 Å². The molecule has 98 valence electrons. The Morgan fingerprint density at radius 2 is 2.05 bits per heavy atom. The number of para-hydroxylation sites is 2. The zero-order valence-corrected chi connectivity index (χ0v) is 11.3. The summed E-state index contributed by atoms with van der Waals surface area (Å²) in [6.07, 6.45) is 3.32. The van der Waals surface area contributed by atoms with Crippen LogP contribution in [0.4, 0.5) is 8.78 Å². The molecule has 0 unspecified atom stereocenters. The van der Waals surface area contributed by atoms with E-state index in [1.54, 1.807) is 41.3 Å². The van der Waals surface area contributed by atoms with Crippen LogP contribution in [0.1, 0.15) is 12.4 Å². The van der Waals surface area contributed by atoms with E-state index in [1.165, 1.54) is 0 Å². The highest BCUT2D eigenvalue weighted by Gasteiger charge is 2.17. The highest BCUT2D eigenvalue weighted by Crippen LogP contribution is 2.23.